The van der Waals surface area contributed by atoms with E-state index in [9.17, 15) is 4.79 Å². The molecule has 156 valence electrons. The zero-order valence-electron chi connectivity index (χ0n) is 16.8. The van der Waals surface area contributed by atoms with Crippen LogP contribution in [0.2, 0.25) is 5.02 Å². The number of anilines is 2. The molecule has 1 fully saturated rings. The fourth-order valence-electron chi connectivity index (χ4n) is 3.78. The summed E-state index contributed by atoms with van der Waals surface area (Å²) in [7, 11) is 1.82. The number of hydrogen-bond acceptors (Lipinski definition) is 5. The van der Waals surface area contributed by atoms with Crippen molar-refractivity contribution in [2.75, 3.05) is 43.4 Å². The lowest BCUT2D eigenvalue weighted by Gasteiger charge is -2.34. The molecule has 1 aliphatic rings. The van der Waals surface area contributed by atoms with Gasteiger partial charge in [-0.3, -0.25) is 4.79 Å². The van der Waals surface area contributed by atoms with Crippen LogP contribution in [0.25, 0.3) is 22.0 Å². The van der Waals surface area contributed by atoms with E-state index in [0.29, 0.717) is 47.7 Å². The van der Waals surface area contributed by atoms with Gasteiger partial charge in [-0.05, 0) is 53.9 Å². The van der Waals surface area contributed by atoms with Gasteiger partial charge in [-0.25, -0.2) is 4.39 Å². The zero-order valence-corrected chi connectivity index (χ0v) is 18.4. The molecule has 5 nitrogen and oxygen atoms in total. The van der Waals surface area contributed by atoms with E-state index in [0.717, 1.165) is 21.8 Å². The van der Waals surface area contributed by atoms with E-state index in [2.05, 4.69) is 21.2 Å². The monoisotopic (exact) mass is 444 g/mol. The van der Waals surface area contributed by atoms with Crippen molar-refractivity contribution in [1.82, 2.24) is 9.27 Å². The number of rotatable bonds is 4. The molecule has 3 aromatic rings. The molecule has 8 heteroatoms. The first-order valence-corrected chi connectivity index (χ1v) is 10.8. The Balaban J connectivity index is 1.73. The van der Waals surface area contributed by atoms with Crippen molar-refractivity contribution in [3.05, 3.63) is 53.3 Å². The largest absolute Gasteiger partial charge is 0.388 e. The molecule has 2 aromatic carbocycles. The average molecular weight is 445 g/mol. The highest BCUT2D eigenvalue weighted by Crippen LogP contribution is 2.42. The lowest BCUT2D eigenvalue weighted by atomic mass is 9.98. The topological polar surface area (TPSA) is 48.5 Å². The summed E-state index contributed by atoms with van der Waals surface area (Å²) < 4.78 is 20.0. The van der Waals surface area contributed by atoms with Gasteiger partial charge < -0.3 is 15.1 Å². The minimum absolute atomic E-state index is 0.0679. The number of piperazine rings is 1. The molecule has 0 radical (unpaired) electrons. The van der Waals surface area contributed by atoms with Crippen molar-refractivity contribution in [3.63, 3.8) is 0 Å². The minimum Gasteiger partial charge on any atom is -0.388 e. The summed E-state index contributed by atoms with van der Waals surface area (Å²) in [6, 6.07) is 7.59. The fraction of sp³-hybridized carbons (Fsp3) is 0.273. The SMILES string of the molecule is C=CC(=O)N1CCN(c2snc3c(F)c(-c4cc(NC)ccc4C)c(Cl)cc23)CC1. The summed E-state index contributed by atoms with van der Waals surface area (Å²) in [5, 5.41) is 5.03. The maximum absolute atomic E-state index is 15.6. The van der Waals surface area contributed by atoms with E-state index in [1.807, 2.05) is 32.2 Å². The van der Waals surface area contributed by atoms with E-state index in [1.165, 1.54) is 17.6 Å². The van der Waals surface area contributed by atoms with Crippen molar-refractivity contribution in [2.24, 2.45) is 0 Å². The van der Waals surface area contributed by atoms with Crippen molar-refractivity contribution in [1.29, 1.82) is 0 Å². The summed E-state index contributed by atoms with van der Waals surface area (Å²) >= 11 is 7.86. The van der Waals surface area contributed by atoms with Gasteiger partial charge in [0.1, 0.15) is 10.5 Å². The quantitative estimate of drug-likeness (QED) is 0.579. The number of nitrogens with zero attached hydrogens (tertiary/aromatic N) is 3. The summed E-state index contributed by atoms with van der Waals surface area (Å²) in [6.07, 6.45) is 1.33. The fourth-order valence-corrected chi connectivity index (χ4v) is 4.98. The summed E-state index contributed by atoms with van der Waals surface area (Å²) in [6.45, 7) is 7.97. The number of aryl methyl sites for hydroxylation is 1. The Morgan fingerprint density at radius 2 is 2.03 bits per heavy atom. The molecule has 1 aliphatic heterocycles. The van der Waals surface area contributed by atoms with Crippen LogP contribution in [-0.2, 0) is 4.79 Å². The van der Waals surface area contributed by atoms with Gasteiger partial charge >= 0.3 is 0 Å². The maximum Gasteiger partial charge on any atom is 0.246 e. The highest BCUT2D eigenvalue weighted by atomic mass is 35.5. The molecule has 0 aliphatic carbocycles. The molecule has 1 N–H and O–H groups in total. The van der Waals surface area contributed by atoms with E-state index in [4.69, 9.17) is 11.6 Å². The van der Waals surface area contributed by atoms with Crippen LogP contribution in [0.5, 0.6) is 0 Å². The Morgan fingerprint density at radius 3 is 2.70 bits per heavy atom. The van der Waals surface area contributed by atoms with Crippen LogP contribution in [-0.4, -0.2) is 48.4 Å². The Bertz CT molecular complexity index is 1140. The third-order valence-corrected chi connectivity index (χ3v) is 6.72. The minimum atomic E-state index is -0.406. The molecular formula is C22H22ClFN4OS. The number of carbonyl (C=O) groups excluding carboxylic acids is 1. The first-order valence-electron chi connectivity index (χ1n) is 9.67. The summed E-state index contributed by atoms with van der Waals surface area (Å²) in [4.78, 5) is 15.7. The van der Waals surface area contributed by atoms with Gasteiger partial charge in [-0.15, -0.1) is 0 Å². The third-order valence-electron chi connectivity index (χ3n) is 5.49. The molecule has 0 bridgehead atoms. The van der Waals surface area contributed by atoms with Crippen molar-refractivity contribution in [2.45, 2.75) is 6.92 Å². The maximum atomic E-state index is 15.6. The summed E-state index contributed by atoms with van der Waals surface area (Å²) in [5.74, 6) is -0.474. The van der Waals surface area contributed by atoms with Gasteiger partial charge in [0.2, 0.25) is 5.91 Å². The first-order chi connectivity index (χ1) is 14.4. The molecule has 4 rings (SSSR count). The predicted molar refractivity (Wildman–Crippen MR) is 123 cm³/mol. The number of hydrogen-bond donors (Lipinski definition) is 1. The molecule has 0 saturated carbocycles. The second-order valence-electron chi connectivity index (χ2n) is 7.23. The second kappa shape index (κ2) is 8.24. The Labute approximate surface area is 183 Å². The number of amides is 1. The van der Waals surface area contributed by atoms with Crippen LogP contribution in [0, 0.1) is 12.7 Å². The van der Waals surface area contributed by atoms with Crippen LogP contribution >= 0.6 is 23.1 Å². The van der Waals surface area contributed by atoms with Crippen LogP contribution in [0.15, 0.2) is 36.9 Å². The predicted octanol–water partition coefficient (Wildman–Crippen LogP) is 4.94. The number of aromatic nitrogens is 1. The molecular weight excluding hydrogens is 423 g/mol. The average Bonchev–Trinajstić information content (AvgIpc) is 3.18. The molecule has 1 amide bonds. The van der Waals surface area contributed by atoms with Gasteiger partial charge in [-0.1, -0.05) is 24.2 Å². The lowest BCUT2D eigenvalue weighted by Crippen LogP contribution is -2.48. The molecule has 0 atom stereocenters. The lowest BCUT2D eigenvalue weighted by molar-refractivity contribution is -0.126. The highest BCUT2D eigenvalue weighted by Gasteiger charge is 2.25. The Morgan fingerprint density at radius 1 is 1.30 bits per heavy atom. The standard InChI is InChI=1S/C22H22ClFN4OS/c1-4-18(29)27-7-9-28(10-8-27)22-16-12-17(23)19(20(24)21(16)26-30-22)15-11-14(25-3)6-5-13(15)2/h4-6,11-12,25H,1,7-10H2,2-3H3. The smallest absolute Gasteiger partial charge is 0.246 e. The summed E-state index contributed by atoms with van der Waals surface area (Å²) in [5.41, 5.74) is 3.27. The molecule has 1 saturated heterocycles. The molecule has 1 aromatic heterocycles. The van der Waals surface area contributed by atoms with Crippen LogP contribution in [0.1, 0.15) is 5.56 Å². The number of nitrogens with one attached hydrogen (secondary N) is 1. The number of halogens is 2. The molecule has 0 unspecified atom stereocenters. The van der Waals surface area contributed by atoms with E-state index >= 15 is 4.39 Å². The Hall–Kier alpha value is -2.64. The number of benzene rings is 2. The van der Waals surface area contributed by atoms with Crippen molar-refractivity contribution < 1.29 is 9.18 Å². The van der Waals surface area contributed by atoms with Gasteiger partial charge in [-0.2, -0.15) is 4.37 Å². The highest BCUT2D eigenvalue weighted by molar-refractivity contribution is 7.11. The van der Waals surface area contributed by atoms with Crippen LogP contribution < -0.4 is 10.2 Å². The third kappa shape index (κ3) is 3.52. The van der Waals surface area contributed by atoms with Crippen LogP contribution in [0.4, 0.5) is 15.1 Å². The zero-order chi connectivity index (χ0) is 21.4. The molecule has 30 heavy (non-hydrogen) atoms. The van der Waals surface area contributed by atoms with Gasteiger partial charge in [0.25, 0.3) is 0 Å². The normalized spacial score (nSPS) is 14.3. The Kier molecular flexibility index (Phi) is 5.66. The molecule has 2 heterocycles. The van der Waals surface area contributed by atoms with E-state index < -0.39 is 5.82 Å². The first kappa shape index (κ1) is 20.6. The van der Waals surface area contributed by atoms with Crippen LogP contribution in [0.3, 0.4) is 0 Å². The van der Waals surface area contributed by atoms with Crippen molar-refractivity contribution in [3.8, 4) is 11.1 Å². The van der Waals surface area contributed by atoms with Gasteiger partial charge in [0.05, 0.1) is 5.02 Å². The van der Waals surface area contributed by atoms with E-state index in [-0.39, 0.29) is 5.91 Å². The second-order valence-corrected chi connectivity index (χ2v) is 8.39. The molecule has 0 spiro atoms. The number of fused-ring (bicyclic) bond motifs is 1. The van der Waals surface area contributed by atoms with Gasteiger partial charge in [0.15, 0.2) is 5.82 Å². The number of carbonyl (C=O) groups is 1. The van der Waals surface area contributed by atoms with E-state index in [1.54, 1.807) is 11.0 Å². The van der Waals surface area contributed by atoms with Crippen molar-refractivity contribution >= 4 is 50.6 Å². The van der Waals surface area contributed by atoms with Gasteiger partial charge in [0, 0.05) is 49.9 Å².